The van der Waals surface area contributed by atoms with E-state index >= 15 is 0 Å². The van der Waals surface area contributed by atoms with Crippen LogP contribution in [0.3, 0.4) is 0 Å². The van der Waals surface area contributed by atoms with E-state index in [4.69, 9.17) is 9.68 Å². The molecule has 0 spiro atoms. The molecule has 0 aromatic rings. The zero-order valence-electron chi connectivity index (χ0n) is 32.8. The zero-order valence-corrected chi connectivity index (χ0v) is 32.8. The lowest BCUT2D eigenvalue weighted by Gasteiger charge is -2.63. The third kappa shape index (κ3) is 11.7. The number of nitrogens with zero attached hydrogens (tertiary/aromatic N) is 2. The van der Waals surface area contributed by atoms with Gasteiger partial charge in [0.2, 0.25) is 0 Å². The Balaban J connectivity index is 2.33. The Bertz CT molecular complexity index is 883. The van der Waals surface area contributed by atoms with Crippen LogP contribution in [0.1, 0.15) is 191 Å². The molecule has 2 aliphatic rings. The SMILES string of the molecule is CCCCCCCCON1C(C)(C)CC(C(CCCC(=O)[O-])(C(=O)[O-])C2CC(C)(C)N(OCCCCCCCC)C(C)(C)C2)CC1(C)C. The fourth-order valence-corrected chi connectivity index (χ4v) is 9.73. The van der Waals surface area contributed by atoms with Crippen LogP contribution < -0.4 is 10.2 Å². The van der Waals surface area contributed by atoms with Crippen molar-refractivity contribution in [3.8, 4) is 0 Å². The van der Waals surface area contributed by atoms with Crippen LogP contribution in [-0.2, 0) is 19.3 Å². The van der Waals surface area contributed by atoms with E-state index in [2.05, 4.69) is 79.4 Å². The van der Waals surface area contributed by atoms with E-state index < -0.39 is 39.5 Å². The van der Waals surface area contributed by atoms with Crippen LogP contribution >= 0.6 is 0 Å². The molecule has 2 aliphatic heterocycles. The van der Waals surface area contributed by atoms with Crippen molar-refractivity contribution in [2.75, 3.05) is 13.2 Å². The summed E-state index contributed by atoms with van der Waals surface area (Å²) >= 11 is 0. The molecule has 0 aromatic heterocycles. The molecular formula is C40H74N2O6-2. The first kappa shape index (κ1) is 42.9. The zero-order chi connectivity index (χ0) is 36.2. The van der Waals surface area contributed by atoms with Gasteiger partial charge in [0.15, 0.2) is 0 Å². The number of piperidine rings is 2. The second-order valence-corrected chi connectivity index (χ2v) is 17.8. The Kier molecular flexibility index (Phi) is 16.9. The van der Waals surface area contributed by atoms with Gasteiger partial charge in [-0.1, -0.05) is 78.1 Å². The average molecular weight is 679 g/mol. The van der Waals surface area contributed by atoms with Crippen molar-refractivity contribution in [3.05, 3.63) is 0 Å². The smallest absolute Gasteiger partial charge is 0.0685 e. The maximum Gasteiger partial charge on any atom is 0.0685 e. The monoisotopic (exact) mass is 679 g/mol. The predicted octanol–water partition coefficient (Wildman–Crippen LogP) is 7.77. The van der Waals surface area contributed by atoms with Crippen LogP contribution in [0.5, 0.6) is 0 Å². The molecule has 2 saturated heterocycles. The van der Waals surface area contributed by atoms with Crippen LogP contribution in [0.25, 0.3) is 0 Å². The number of carbonyl (C=O) groups excluding carboxylic acids is 2. The lowest BCUT2D eigenvalue weighted by Crippen LogP contribution is -2.68. The lowest BCUT2D eigenvalue weighted by atomic mass is 9.52. The van der Waals surface area contributed by atoms with Crippen LogP contribution in [0, 0.1) is 17.3 Å². The Labute approximate surface area is 295 Å². The Hall–Kier alpha value is -1.22. The predicted molar refractivity (Wildman–Crippen MR) is 190 cm³/mol. The topological polar surface area (TPSA) is 105 Å². The van der Waals surface area contributed by atoms with Gasteiger partial charge in [0.25, 0.3) is 0 Å². The number of aliphatic carboxylic acids is 2. The lowest BCUT2D eigenvalue weighted by molar-refractivity contribution is -0.343. The fourth-order valence-electron chi connectivity index (χ4n) is 9.73. The second kappa shape index (κ2) is 18.9. The van der Waals surface area contributed by atoms with Gasteiger partial charge in [-0.3, -0.25) is 9.68 Å². The Morgan fingerprint density at radius 1 is 0.583 bits per heavy atom. The molecule has 282 valence electrons. The van der Waals surface area contributed by atoms with Gasteiger partial charge in [-0.2, -0.15) is 10.1 Å². The van der Waals surface area contributed by atoms with Crippen molar-refractivity contribution in [2.45, 2.75) is 213 Å². The third-order valence-corrected chi connectivity index (χ3v) is 11.4. The van der Waals surface area contributed by atoms with Crippen LogP contribution in [0.4, 0.5) is 0 Å². The summed E-state index contributed by atoms with van der Waals surface area (Å²) in [6.45, 7) is 23.1. The molecule has 2 rings (SSSR count). The fraction of sp³-hybridized carbons (Fsp3) is 0.950. The van der Waals surface area contributed by atoms with Crippen LogP contribution in [0.15, 0.2) is 0 Å². The molecule has 0 bridgehead atoms. The Morgan fingerprint density at radius 3 is 1.23 bits per heavy atom. The van der Waals surface area contributed by atoms with Gasteiger partial charge in [0.1, 0.15) is 0 Å². The van der Waals surface area contributed by atoms with Gasteiger partial charge < -0.3 is 19.8 Å². The standard InChI is InChI=1S/C40H76N2O6/c1-11-13-15-17-19-21-26-47-41-36(3,4)28-32(29-37(41,5)6)40(35(45)46,25-23-24-34(43)44)33-30-38(7,8)42(39(9,10)31-33)48-27-22-20-18-16-14-12-2/h32-33H,11-31H2,1-10H3,(H,43,44)(H,45,46)/p-2. The molecule has 0 aromatic carbocycles. The number of carbonyl (C=O) groups is 2. The third-order valence-electron chi connectivity index (χ3n) is 11.4. The van der Waals surface area contributed by atoms with Gasteiger partial charge in [-0.15, -0.1) is 0 Å². The van der Waals surface area contributed by atoms with Crippen LogP contribution in [-0.4, -0.2) is 57.4 Å². The molecule has 0 saturated carbocycles. The quantitative estimate of drug-likeness (QED) is 0.101. The molecular weight excluding hydrogens is 604 g/mol. The molecule has 0 atom stereocenters. The van der Waals surface area contributed by atoms with Gasteiger partial charge in [0, 0.05) is 39.5 Å². The summed E-state index contributed by atoms with van der Waals surface area (Å²) in [5.74, 6) is -2.61. The maximum absolute atomic E-state index is 13.8. The molecule has 0 N–H and O–H groups in total. The maximum atomic E-state index is 13.8. The van der Waals surface area contributed by atoms with Gasteiger partial charge in [-0.25, -0.2) is 0 Å². The van der Waals surface area contributed by atoms with Crippen molar-refractivity contribution in [1.82, 2.24) is 10.1 Å². The summed E-state index contributed by atoms with van der Waals surface area (Å²) in [7, 11) is 0. The van der Waals surface area contributed by atoms with Gasteiger partial charge >= 0.3 is 0 Å². The number of unbranched alkanes of at least 4 members (excludes halogenated alkanes) is 10. The number of carboxylic acids is 2. The van der Waals surface area contributed by atoms with Crippen molar-refractivity contribution in [3.63, 3.8) is 0 Å². The number of carboxylic acid groups (broad SMARTS) is 2. The van der Waals surface area contributed by atoms with Crippen molar-refractivity contribution in [2.24, 2.45) is 17.3 Å². The van der Waals surface area contributed by atoms with E-state index in [1.807, 2.05) is 0 Å². The highest BCUT2D eigenvalue weighted by atomic mass is 16.7. The minimum absolute atomic E-state index is 0.158. The molecule has 48 heavy (non-hydrogen) atoms. The molecule has 0 radical (unpaired) electrons. The highest BCUT2D eigenvalue weighted by Crippen LogP contribution is 2.58. The van der Waals surface area contributed by atoms with E-state index in [-0.39, 0.29) is 31.1 Å². The van der Waals surface area contributed by atoms with Crippen LogP contribution in [0.2, 0.25) is 0 Å². The first-order valence-corrected chi connectivity index (χ1v) is 19.6. The highest BCUT2D eigenvalue weighted by Gasteiger charge is 2.59. The molecule has 2 fully saturated rings. The summed E-state index contributed by atoms with van der Waals surface area (Å²) < 4.78 is 0. The first-order valence-electron chi connectivity index (χ1n) is 19.6. The number of rotatable bonds is 23. The highest BCUT2D eigenvalue weighted by molar-refractivity contribution is 5.74. The molecule has 2 heterocycles. The van der Waals surface area contributed by atoms with E-state index in [1.165, 1.54) is 51.4 Å². The minimum atomic E-state index is -1.20. The number of hydroxylamine groups is 4. The van der Waals surface area contributed by atoms with Crippen molar-refractivity contribution >= 4 is 11.9 Å². The van der Waals surface area contributed by atoms with Gasteiger partial charge in [-0.05, 0) is 125 Å². The first-order chi connectivity index (χ1) is 22.4. The summed E-state index contributed by atoms with van der Waals surface area (Å²) in [6.07, 6.45) is 17.2. The molecule has 8 nitrogen and oxygen atoms in total. The van der Waals surface area contributed by atoms with E-state index in [9.17, 15) is 19.8 Å². The molecule has 0 amide bonds. The summed E-state index contributed by atoms with van der Waals surface area (Å²) in [6, 6.07) is 0. The molecule has 8 heteroatoms. The number of hydrogen-bond acceptors (Lipinski definition) is 8. The second-order valence-electron chi connectivity index (χ2n) is 17.8. The largest absolute Gasteiger partial charge is 0.550 e. The summed E-state index contributed by atoms with van der Waals surface area (Å²) in [5, 5.41) is 29.6. The average Bonchev–Trinajstić information content (AvgIpc) is 2.95. The van der Waals surface area contributed by atoms with Crippen molar-refractivity contribution in [1.29, 1.82) is 0 Å². The van der Waals surface area contributed by atoms with E-state index in [0.717, 1.165) is 25.7 Å². The molecule has 0 aliphatic carbocycles. The normalized spacial score (nSPS) is 21.8. The summed E-state index contributed by atoms with van der Waals surface area (Å²) in [4.78, 5) is 38.4. The number of hydrogen-bond donors (Lipinski definition) is 0. The van der Waals surface area contributed by atoms with E-state index in [1.54, 1.807) is 0 Å². The molecule has 0 unspecified atom stereocenters. The minimum Gasteiger partial charge on any atom is -0.550 e. The summed E-state index contributed by atoms with van der Waals surface area (Å²) in [5.41, 5.74) is -2.88. The Morgan fingerprint density at radius 2 is 0.917 bits per heavy atom. The van der Waals surface area contributed by atoms with Crippen molar-refractivity contribution < 1.29 is 29.5 Å². The van der Waals surface area contributed by atoms with Gasteiger partial charge in [0.05, 0.1) is 13.2 Å². The van der Waals surface area contributed by atoms with E-state index in [0.29, 0.717) is 38.9 Å².